The molecule has 12 heavy (non-hydrogen) atoms. The van der Waals surface area contributed by atoms with Gasteiger partial charge in [0.1, 0.15) is 0 Å². The first-order chi connectivity index (χ1) is 5.61. The summed E-state index contributed by atoms with van der Waals surface area (Å²) >= 11 is 0. The Kier molecular flexibility index (Phi) is 6.03. The highest BCUT2D eigenvalue weighted by molar-refractivity contribution is 5.01. The van der Waals surface area contributed by atoms with E-state index in [2.05, 4.69) is 32.7 Å². The molecule has 2 atom stereocenters. The third-order valence-electron chi connectivity index (χ3n) is 2.02. The standard InChI is InChI=1S/C10H21NO/c1-6-11-10(8(2)3)7-9(4)12-5/h9-11H,2,6-7H2,1,3-5H3. The number of hydrogen-bond acceptors (Lipinski definition) is 2. The van der Waals surface area contributed by atoms with E-state index in [9.17, 15) is 0 Å². The van der Waals surface area contributed by atoms with Crippen molar-refractivity contribution in [3.63, 3.8) is 0 Å². The van der Waals surface area contributed by atoms with Gasteiger partial charge in [-0.2, -0.15) is 0 Å². The van der Waals surface area contributed by atoms with E-state index in [0.29, 0.717) is 12.1 Å². The van der Waals surface area contributed by atoms with Crippen LogP contribution in [0, 0.1) is 0 Å². The number of rotatable bonds is 6. The minimum atomic E-state index is 0.297. The Balaban J connectivity index is 3.86. The van der Waals surface area contributed by atoms with Crippen molar-refractivity contribution in [2.24, 2.45) is 0 Å². The van der Waals surface area contributed by atoms with E-state index in [-0.39, 0.29) is 0 Å². The molecular weight excluding hydrogens is 150 g/mol. The van der Waals surface area contributed by atoms with Gasteiger partial charge in [0.2, 0.25) is 0 Å². The zero-order valence-electron chi connectivity index (χ0n) is 8.68. The molecule has 0 heterocycles. The molecule has 0 aromatic carbocycles. The van der Waals surface area contributed by atoms with Crippen molar-refractivity contribution in [2.45, 2.75) is 39.3 Å². The lowest BCUT2D eigenvalue weighted by molar-refractivity contribution is 0.104. The molecule has 0 aromatic rings. The van der Waals surface area contributed by atoms with Crippen molar-refractivity contribution in [3.05, 3.63) is 12.2 Å². The van der Waals surface area contributed by atoms with Crippen molar-refractivity contribution in [1.82, 2.24) is 5.32 Å². The van der Waals surface area contributed by atoms with Crippen LogP contribution in [-0.2, 0) is 4.74 Å². The second kappa shape index (κ2) is 6.21. The largest absolute Gasteiger partial charge is 0.382 e. The summed E-state index contributed by atoms with van der Waals surface area (Å²) in [7, 11) is 1.74. The summed E-state index contributed by atoms with van der Waals surface area (Å²) < 4.78 is 5.20. The normalized spacial score (nSPS) is 15.7. The quantitative estimate of drug-likeness (QED) is 0.617. The molecule has 2 unspecified atom stereocenters. The van der Waals surface area contributed by atoms with Crippen LogP contribution in [0.5, 0.6) is 0 Å². The van der Waals surface area contributed by atoms with E-state index in [1.165, 1.54) is 5.57 Å². The van der Waals surface area contributed by atoms with Crippen LogP contribution in [0.15, 0.2) is 12.2 Å². The molecule has 0 saturated carbocycles. The Morgan fingerprint density at radius 3 is 2.50 bits per heavy atom. The minimum Gasteiger partial charge on any atom is -0.382 e. The van der Waals surface area contributed by atoms with Crippen LogP contribution in [0.4, 0.5) is 0 Å². The summed E-state index contributed by atoms with van der Waals surface area (Å²) in [4.78, 5) is 0. The van der Waals surface area contributed by atoms with Gasteiger partial charge in [-0.25, -0.2) is 0 Å². The number of methoxy groups -OCH3 is 1. The minimum absolute atomic E-state index is 0.297. The van der Waals surface area contributed by atoms with Crippen molar-refractivity contribution in [1.29, 1.82) is 0 Å². The van der Waals surface area contributed by atoms with Gasteiger partial charge in [-0.15, -0.1) is 0 Å². The van der Waals surface area contributed by atoms with E-state index in [0.717, 1.165) is 13.0 Å². The third-order valence-corrected chi connectivity index (χ3v) is 2.02. The summed E-state index contributed by atoms with van der Waals surface area (Å²) in [5.74, 6) is 0. The fourth-order valence-corrected chi connectivity index (χ4v) is 1.13. The average molecular weight is 171 g/mol. The number of hydrogen-bond donors (Lipinski definition) is 1. The first kappa shape index (κ1) is 11.7. The topological polar surface area (TPSA) is 21.3 Å². The van der Waals surface area contributed by atoms with Crippen LogP contribution in [0.25, 0.3) is 0 Å². The van der Waals surface area contributed by atoms with Crippen LogP contribution >= 0.6 is 0 Å². The van der Waals surface area contributed by atoms with E-state index in [1.807, 2.05) is 0 Å². The Morgan fingerprint density at radius 1 is 1.58 bits per heavy atom. The predicted molar refractivity (Wildman–Crippen MR) is 53.4 cm³/mol. The van der Waals surface area contributed by atoms with Gasteiger partial charge < -0.3 is 10.1 Å². The second-order valence-electron chi connectivity index (χ2n) is 3.24. The molecule has 0 aliphatic rings. The van der Waals surface area contributed by atoms with Gasteiger partial charge in [-0.1, -0.05) is 19.1 Å². The van der Waals surface area contributed by atoms with Crippen molar-refractivity contribution in [2.75, 3.05) is 13.7 Å². The predicted octanol–water partition coefficient (Wildman–Crippen LogP) is 1.97. The van der Waals surface area contributed by atoms with E-state index in [1.54, 1.807) is 7.11 Å². The molecule has 2 heteroatoms. The fraction of sp³-hybridized carbons (Fsp3) is 0.800. The molecule has 0 radical (unpaired) electrons. The van der Waals surface area contributed by atoms with E-state index in [4.69, 9.17) is 4.74 Å². The van der Waals surface area contributed by atoms with Gasteiger partial charge in [-0.05, 0) is 26.8 Å². The van der Waals surface area contributed by atoms with Crippen molar-refractivity contribution in [3.8, 4) is 0 Å². The first-order valence-corrected chi connectivity index (χ1v) is 4.53. The van der Waals surface area contributed by atoms with Gasteiger partial charge in [0.05, 0.1) is 6.10 Å². The molecular formula is C10H21NO. The second-order valence-corrected chi connectivity index (χ2v) is 3.24. The van der Waals surface area contributed by atoms with Crippen LogP contribution in [0.1, 0.15) is 27.2 Å². The maximum absolute atomic E-state index is 5.20. The van der Waals surface area contributed by atoms with Crippen molar-refractivity contribution >= 4 is 0 Å². The molecule has 0 aromatic heterocycles. The van der Waals surface area contributed by atoms with Gasteiger partial charge in [0.15, 0.2) is 0 Å². The SMILES string of the molecule is C=C(C)C(CC(C)OC)NCC. The molecule has 0 aliphatic heterocycles. The molecule has 0 spiro atoms. The van der Waals surface area contributed by atoms with Crippen LogP contribution in [0.2, 0.25) is 0 Å². The van der Waals surface area contributed by atoms with Crippen LogP contribution < -0.4 is 5.32 Å². The zero-order chi connectivity index (χ0) is 9.56. The maximum Gasteiger partial charge on any atom is 0.0561 e. The third kappa shape index (κ3) is 4.52. The lowest BCUT2D eigenvalue weighted by atomic mass is 10.0. The molecule has 0 aliphatic carbocycles. The molecule has 0 amide bonds. The van der Waals surface area contributed by atoms with E-state index < -0.39 is 0 Å². The van der Waals surface area contributed by atoms with E-state index >= 15 is 0 Å². The molecule has 1 N–H and O–H groups in total. The summed E-state index contributed by atoms with van der Waals surface area (Å²) in [5.41, 5.74) is 1.18. The van der Waals surface area contributed by atoms with Crippen LogP contribution in [-0.4, -0.2) is 25.8 Å². The van der Waals surface area contributed by atoms with Gasteiger partial charge in [0.25, 0.3) is 0 Å². The van der Waals surface area contributed by atoms with Crippen molar-refractivity contribution < 1.29 is 4.74 Å². The molecule has 0 saturated heterocycles. The monoisotopic (exact) mass is 171 g/mol. The van der Waals surface area contributed by atoms with Gasteiger partial charge in [-0.3, -0.25) is 0 Å². The Hall–Kier alpha value is -0.340. The van der Waals surface area contributed by atoms with Gasteiger partial charge >= 0.3 is 0 Å². The highest BCUT2D eigenvalue weighted by Crippen LogP contribution is 2.07. The summed E-state index contributed by atoms with van der Waals surface area (Å²) in [6.07, 6.45) is 1.30. The number of likely N-dealkylation sites (N-methyl/N-ethyl adjacent to an activating group) is 1. The summed E-state index contributed by atoms with van der Waals surface area (Å²) in [5, 5.41) is 3.37. The molecule has 2 nitrogen and oxygen atoms in total. The smallest absolute Gasteiger partial charge is 0.0561 e. The summed E-state index contributed by atoms with van der Waals surface area (Å²) in [6, 6.07) is 0.393. The lowest BCUT2D eigenvalue weighted by Gasteiger charge is -2.21. The fourth-order valence-electron chi connectivity index (χ4n) is 1.13. The summed E-state index contributed by atoms with van der Waals surface area (Å²) in [6.45, 7) is 11.2. The Labute approximate surface area is 76.0 Å². The van der Waals surface area contributed by atoms with Crippen LogP contribution in [0.3, 0.4) is 0 Å². The zero-order valence-corrected chi connectivity index (χ0v) is 8.68. The molecule has 0 rings (SSSR count). The number of ether oxygens (including phenoxy) is 1. The molecule has 0 bridgehead atoms. The molecule has 72 valence electrons. The first-order valence-electron chi connectivity index (χ1n) is 4.53. The highest BCUT2D eigenvalue weighted by Gasteiger charge is 2.11. The van der Waals surface area contributed by atoms with Gasteiger partial charge in [0, 0.05) is 13.2 Å². The molecule has 0 fully saturated rings. The lowest BCUT2D eigenvalue weighted by Crippen LogP contribution is -2.33. The Bertz CT molecular complexity index is 134. The highest BCUT2D eigenvalue weighted by atomic mass is 16.5. The average Bonchev–Trinajstić information content (AvgIpc) is 2.03. The Morgan fingerprint density at radius 2 is 2.17 bits per heavy atom. The maximum atomic E-state index is 5.20. The number of nitrogens with one attached hydrogen (secondary N) is 1.